The topological polar surface area (TPSA) is 46.5 Å². The van der Waals surface area contributed by atoms with E-state index in [1.54, 1.807) is 0 Å². The first-order valence-electron chi connectivity index (χ1n) is 4.25. The zero-order valence-corrected chi connectivity index (χ0v) is 9.76. The van der Waals surface area contributed by atoms with E-state index in [0.717, 1.165) is 6.04 Å². The Morgan fingerprint density at radius 1 is 1.54 bits per heavy atom. The van der Waals surface area contributed by atoms with E-state index < -0.39 is 20.3 Å². The van der Waals surface area contributed by atoms with Gasteiger partial charge in [-0.2, -0.15) is 0 Å². The Kier molecular flexibility index (Phi) is 4.36. The summed E-state index contributed by atoms with van der Waals surface area (Å²) in [6, 6.07) is 0.765. The van der Waals surface area contributed by atoms with Crippen molar-refractivity contribution < 1.29 is 14.6 Å². The lowest BCUT2D eigenvalue weighted by molar-refractivity contribution is -0.159. The number of hydrogen-bond acceptors (Lipinski definition) is 3. The van der Waals surface area contributed by atoms with Crippen LogP contribution < -0.4 is 0 Å². The fourth-order valence-electron chi connectivity index (χ4n) is 1.01. The standard InChI is InChI=1S/C9H18O3Si/c1-7(6-13(3,4)5)9(11)12-8(2)10/h9,11H,1,6H2,2-5H3. The molecule has 0 aromatic rings. The van der Waals surface area contributed by atoms with Crippen molar-refractivity contribution >= 4 is 14.0 Å². The summed E-state index contributed by atoms with van der Waals surface area (Å²) in [4.78, 5) is 10.5. The molecule has 0 aliphatic heterocycles. The molecule has 0 heterocycles. The van der Waals surface area contributed by atoms with Crippen LogP contribution in [0.5, 0.6) is 0 Å². The van der Waals surface area contributed by atoms with Gasteiger partial charge < -0.3 is 9.84 Å². The lowest BCUT2D eigenvalue weighted by Gasteiger charge is -2.20. The van der Waals surface area contributed by atoms with E-state index in [2.05, 4.69) is 31.0 Å². The zero-order chi connectivity index (χ0) is 10.6. The summed E-state index contributed by atoms with van der Waals surface area (Å²) in [6.07, 6.45) is -1.13. The van der Waals surface area contributed by atoms with Gasteiger partial charge in [0.05, 0.1) is 0 Å². The molecule has 0 aliphatic rings. The highest BCUT2D eigenvalue weighted by Crippen LogP contribution is 2.18. The van der Waals surface area contributed by atoms with Gasteiger partial charge in [-0.25, -0.2) is 0 Å². The van der Waals surface area contributed by atoms with Gasteiger partial charge in [0, 0.05) is 15.0 Å². The fourth-order valence-corrected chi connectivity index (χ4v) is 2.55. The second-order valence-electron chi connectivity index (χ2n) is 4.36. The van der Waals surface area contributed by atoms with Crippen LogP contribution in [0.15, 0.2) is 12.2 Å². The Hall–Kier alpha value is -0.613. The Bertz CT molecular complexity index is 205. The van der Waals surface area contributed by atoms with Crippen LogP contribution in [0.25, 0.3) is 0 Å². The van der Waals surface area contributed by atoms with E-state index in [4.69, 9.17) is 0 Å². The number of rotatable bonds is 4. The molecule has 0 amide bonds. The molecule has 76 valence electrons. The number of ether oxygens (including phenoxy) is 1. The van der Waals surface area contributed by atoms with Crippen LogP contribution in [0.4, 0.5) is 0 Å². The highest BCUT2D eigenvalue weighted by molar-refractivity contribution is 6.76. The van der Waals surface area contributed by atoms with E-state index in [1.807, 2.05) is 0 Å². The number of aliphatic hydroxyl groups is 1. The van der Waals surface area contributed by atoms with E-state index in [0.29, 0.717) is 5.57 Å². The Labute approximate surface area is 80.4 Å². The Morgan fingerprint density at radius 2 is 2.00 bits per heavy atom. The number of carbonyl (C=O) groups excluding carboxylic acids is 1. The predicted octanol–water partition coefficient (Wildman–Crippen LogP) is 1.76. The van der Waals surface area contributed by atoms with E-state index >= 15 is 0 Å². The third-order valence-electron chi connectivity index (χ3n) is 1.38. The minimum absolute atomic E-state index is 0.482. The van der Waals surface area contributed by atoms with Gasteiger partial charge >= 0.3 is 5.97 Å². The first-order valence-corrected chi connectivity index (χ1v) is 7.96. The van der Waals surface area contributed by atoms with Crippen molar-refractivity contribution in [3.8, 4) is 0 Å². The van der Waals surface area contributed by atoms with Crippen molar-refractivity contribution in [1.29, 1.82) is 0 Å². The van der Waals surface area contributed by atoms with Gasteiger partial charge in [0.2, 0.25) is 6.29 Å². The molecule has 1 atom stereocenters. The SMILES string of the molecule is C=C(C[Si](C)(C)C)C(O)OC(C)=O. The molecular formula is C9H18O3Si. The quantitative estimate of drug-likeness (QED) is 0.327. The molecule has 0 radical (unpaired) electrons. The molecule has 0 aliphatic carbocycles. The van der Waals surface area contributed by atoms with Crippen molar-refractivity contribution in [3.05, 3.63) is 12.2 Å². The molecule has 0 saturated heterocycles. The van der Waals surface area contributed by atoms with Crippen LogP contribution in [0.1, 0.15) is 6.92 Å². The molecule has 3 nitrogen and oxygen atoms in total. The second-order valence-corrected chi connectivity index (χ2v) is 9.83. The van der Waals surface area contributed by atoms with Gasteiger partial charge in [0.1, 0.15) is 0 Å². The van der Waals surface area contributed by atoms with Gasteiger partial charge in [-0.1, -0.05) is 26.2 Å². The lowest BCUT2D eigenvalue weighted by atomic mass is 10.3. The molecule has 1 unspecified atom stereocenters. The largest absolute Gasteiger partial charge is 0.432 e. The minimum atomic E-state index is -1.28. The highest BCUT2D eigenvalue weighted by Gasteiger charge is 2.20. The van der Waals surface area contributed by atoms with Crippen molar-refractivity contribution in [3.63, 3.8) is 0 Å². The fraction of sp³-hybridized carbons (Fsp3) is 0.667. The molecule has 1 N–H and O–H groups in total. The van der Waals surface area contributed by atoms with Crippen molar-refractivity contribution in [2.24, 2.45) is 0 Å². The number of carbonyl (C=O) groups is 1. The number of hydrogen-bond donors (Lipinski definition) is 1. The molecule has 0 aromatic carbocycles. The maximum absolute atomic E-state index is 10.5. The highest BCUT2D eigenvalue weighted by atomic mass is 28.3. The summed E-state index contributed by atoms with van der Waals surface area (Å²) >= 11 is 0. The molecule has 13 heavy (non-hydrogen) atoms. The molecule has 0 rings (SSSR count). The molecule has 0 fully saturated rings. The zero-order valence-electron chi connectivity index (χ0n) is 8.76. The maximum Gasteiger partial charge on any atom is 0.305 e. The van der Waals surface area contributed by atoms with E-state index in [-0.39, 0.29) is 0 Å². The second kappa shape index (κ2) is 4.57. The maximum atomic E-state index is 10.5. The number of esters is 1. The average Bonchev–Trinajstić information content (AvgIpc) is 1.81. The van der Waals surface area contributed by atoms with E-state index in [1.165, 1.54) is 6.92 Å². The summed E-state index contributed by atoms with van der Waals surface area (Å²) in [7, 11) is -1.28. The first kappa shape index (κ1) is 12.4. The van der Waals surface area contributed by atoms with Crippen LogP contribution >= 0.6 is 0 Å². The van der Waals surface area contributed by atoms with Crippen LogP contribution in [-0.4, -0.2) is 25.4 Å². The van der Waals surface area contributed by atoms with Crippen molar-refractivity contribution in [2.45, 2.75) is 38.9 Å². The van der Waals surface area contributed by atoms with Crippen LogP contribution in [0, 0.1) is 0 Å². The van der Waals surface area contributed by atoms with Gasteiger partial charge in [-0.3, -0.25) is 4.79 Å². The van der Waals surface area contributed by atoms with Gasteiger partial charge in [-0.05, 0) is 11.6 Å². The smallest absolute Gasteiger partial charge is 0.305 e. The minimum Gasteiger partial charge on any atom is -0.432 e. The summed E-state index contributed by atoms with van der Waals surface area (Å²) in [5, 5.41) is 9.33. The summed E-state index contributed by atoms with van der Waals surface area (Å²) in [6.45, 7) is 11.5. The summed E-state index contributed by atoms with van der Waals surface area (Å²) < 4.78 is 4.60. The van der Waals surface area contributed by atoms with E-state index in [9.17, 15) is 9.90 Å². The van der Waals surface area contributed by atoms with Crippen molar-refractivity contribution in [2.75, 3.05) is 0 Å². The molecule has 0 bridgehead atoms. The van der Waals surface area contributed by atoms with Crippen LogP contribution in [0.2, 0.25) is 25.7 Å². The predicted molar refractivity (Wildman–Crippen MR) is 55.1 cm³/mol. The van der Waals surface area contributed by atoms with Crippen molar-refractivity contribution in [1.82, 2.24) is 0 Å². The van der Waals surface area contributed by atoms with Gasteiger partial charge in [0.15, 0.2) is 0 Å². The van der Waals surface area contributed by atoms with Gasteiger partial charge in [0.25, 0.3) is 0 Å². The average molecular weight is 202 g/mol. The third kappa shape index (κ3) is 6.54. The monoisotopic (exact) mass is 202 g/mol. The number of aliphatic hydroxyl groups excluding tert-OH is 1. The summed E-state index contributed by atoms with van der Waals surface area (Å²) in [5.41, 5.74) is 0.592. The van der Waals surface area contributed by atoms with Crippen LogP contribution in [-0.2, 0) is 9.53 Å². The summed E-state index contributed by atoms with van der Waals surface area (Å²) in [5.74, 6) is -0.482. The lowest BCUT2D eigenvalue weighted by Crippen LogP contribution is -2.26. The molecule has 4 heteroatoms. The molecule has 0 aromatic heterocycles. The molecule has 0 spiro atoms. The van der Waals surface area contributed by atoms with Gasteiger partial charge in [-0.15, -0.1) is 0 Å². The molecule has 0 saturated carbocycles. The first-order chi connectivity index (χ1) is 5.72. The molecular weight excluding hydrogens is 184 g/mol. The Morgan fingerprint density at radius 3 is 2.31 bits per heavy atom. The Balaban J connectivity index is 4.05. The van der Waals surface area contributed by atoms with Crippen LogP contribution in [0.3, 0.4) is 0 Å². The normalized spacial score (nSPS) is 13.6. The third-order valence-corrected chi connectivity index (χ3v) is 2.90.